The molecule has 4 saturated carbocycles. The molecule has 5 heteroatoms. The molecule has 1 aromatic carbocycles. The molecule has 0 amide bonds. The molecule has 148 valence electrons. The molecule has 5 aliphatic rings. The number of nitro groups is 1. The van der Waals surface area contributed by atoms with Gasteiger partial charge >= 0.3 is 0 Å². The first-order valence-electron chi connectivity index (χ1n) is 10.6. The number of hydrogen-bond acceptors (Lipinski definition) is 4. The van der Waals surface area contributed by atoms with Crippen LogP contribution in [0.2, 0.25) is 0 Å². The van der Waals surface area contributed by atoms with Crippen LogP contribution in [0.15, 0.2) is 23.2 Å². The van der Waals surface area contributed by atoms with Crippen LogP contribution in [0.25, 0.3) is 0 Å². The van der Waals surface area contributed by atoms with E-state index in [9.17, 15) is 14.9 Å². The highest BCUT2D eigenvalue weighted by Crippen LogP contribution is 2.60. The van der Waals surface area contributed by atoms with Gasteiger partial charge in [0.15, 0.2) is 0 Å². The third-order valence-corrected chi connectivity index (χ3v) is 7.63. The molecule has 0 spiro atoms. The summed E-state index contributed by atoms with van der Waals surface area (Å²) < 4.78 is 0. The van der Waals surface area contributed by atoms with Crippen molar-refractivity contribution in [3.05, 3.63) is 39.4 Å². The first-order chi connectivity index (χ1) is 13.2. The van der Waals surface area contributed by atoms with Crippen LogP contribution < -0.4 is 0 Å². The second-order valence-corrected chi connectivity index (χ2v) is 10.4. The van der Waals surface area contributed by atoms with Crippen molar-refractivity contribution in [2.45, 2.75) is 70.8 Å². The van der Waals surface area contributed by atoms with Crippen molar-refractivity contribution in [2.24, 2.45) is 28.2 Å². The van der Waals surface area contributed by atoms with E-state index in [2.05, 4.69) is 13.8 Å². The summed E-state index contributed by atoms with van der Waals surface area (Å²) in [6, 6.07) is 5.04. The summed E-state index contributed by atoms with van der Waals surface area (Å²) in [6.07, 6.45) is 8.17. The fourth-order valence-corrected chi connectivity index (χ4v) is 6.96. The predicted octanol–water partition coefficient (Wildman–Crippen LogP) is 4.89. The average Bonchev–Trinajstić information content (AvgIpc) is 2.59. The normalized spacial score (nSPS) is 34.6. The van der Waals surface area contributed by atoms with Crippen molar-refractivity contribution < 1.29 is 9.72 Å². The van der Waals surface area contributed by atoms with Gasteiger partial charge < -0.3 is 0 Å². The second kappa shape index (κ2) is 5.98. The number of carbonyl (C=O) groups excluding carboxylic acids is 1. The number of non-ortho nitro benzene ring substituents is 1. The van der Waals surface area contributed by atoms with Gasteiger partial charge in [-0.25, -0.2) is 0 Å². The predicted molar refractivity (Wildman–Crippen MR) is 108 cm³/mol. The molecule has 1 aromatic rings. The van der Waals surface area contributed by atoms with Gasteiger partial charge in [0.05, 0.1) is 16.2 Å². The van der Waals surface area contributed by atoms with Crippen LogP contribution in [-0.4, -0.2) is 22.0 Å². The van der Waals surface area contributed by atoms with Crippen molar-refractivity contribution in [3.8, 4) is 0 Å². The van der Waals surface area contributed by atoms with Gasteiger partial charge in [0.25, 0.3) is 5.69 Å². The number of ketones is 1. The number of nitro benzene ring substituents is 1. The maximum absolute atomic E-state index is 13.6. The molecule has 1 aliphatic heterocycles. The maximum Gasteiger partial charge on any atom is 0.270 e. The lowest BCUT2D eigenvalue weighted by molar-refractivity contribution is -0.384. The van der Waals surface area contributed by atoms with E-state index >= 15 is 0 Å². The Hall–Kier alpha value is -2.04. The summed E-state index contributed by atoms with van der Waals surface area (Å²) in [7, 11) is 0. The fraction of sp³-hybridized carbons (Fsp3) is 0.652. The van der Waals surface area contributed by atoms with Gasteiger partial charge in [-0.05, 0) is 82.1 Å². The quantitative estimate of drug-likeness (QED) is 0.551. The molecule has 0 atom stereocenters. The summed E-state index contributed by atoms with van der Waals surface area (Å²) in [6.45, 7) is 4.15. The van der Waals surface area contributed by atoms with E-state index in [0.717, 1.165) is 60.3 Å². The van der Waals surface area contributed by atoms with E-state index in [1.807, 2.05) is 6.07 Å². The topological polar surface area (TPSA) is 72.6 Å². The lowest BCUT2D eigenvalue weighted by Crippen LogP contribution is -2.50. The number of benzene rings is 1. The Morgan fingerprint density at radius 3 is 2.32 bits per heavy atom. The summed E-state index contributed by atoms with van der Waals surface area (Å²) in [5, 5.41) is 11.3. The monoisotopic (exact) mass is 380 g/mol. The third-order valence-electron chi connectivity index (χ3n) is 7.63. The molecule has 4 fully saturated rings. The minimum Gasteiger partial charge on any atom is -0.299 e. The van der Waals surface area contributed by atoms with Crippen LogP contribution >= 0.6 is 0 Å². The largest absolute Gasteiger partial charge is 0.299 e. The molecule has 4 aliphatic carbocycles. The Kier molecular flexibility index (Phi) is 3.85. The summed E-state index contributed by atoms with van der Waals surface area (Å²) in [5.74, 6) is 2.52. The van der Waals surface area contributed by atoms with E-state index in [0.29, 0.717) is 12.2 Å². The number of nitrogens with zero attached hydrogens (tertiary/aromatic N) is 2. The van der Waals surface area contributed by atoms with Crippen molar-refractivity contribution in [1.82, 2.24) is 0 Å². The highest BCUT2D eigenvalue weighted by atomic mass is 16.6. The van der Waals surface area contributed by atoms with Crippen molar-refractivity contribution in [3.63, 3.8) is 0 Å². The highest BCUT2D eigenvalue weighted by molar-refractivity contribution is 6.14. The lowest BCUT2D eigenvalue weighted by atomic mass is 9.48. The van der Waals surface area contributed by atoms with E-state index in [1.54, 1.807) is 12.1 Å². The average molecular weight is 380 g/mol. The number of aliphatic imine (C=N–C) groups is 1. The van der Waals surface area contributed by atoms with Crippen molar-refractivity contribution >= 4 is 17.2 Å². The van der Waals surface area contributed by atoms with E-state index in [1.165, 1.54) is 19.3 Å². The highest BCUT2D eigenvalue weighted by Gasteiger charge is 2.54. The standard InChI is InChI=1S/C23H28N2O3/c1-22(2)13-17-3-4-18(25(27)28)8-19(17)20(24-22)9-21(26)23-10-14-5-15(11-23)7-16(6-14)12-23/h3-4,8,14-16H,5-7,9-13H2,1-2H3. The number of Topliss-reactive ketones (excluding diaryl/α,β-unsaturated/α-hetero) is 1. The molecule has 1 heterocycles. The Morgan fingerprint density at radius 2 is 1.75 bits per heavy atom. The summed E-state index contributed by atoms with van der Waals surface area (Å²) >= 11 is 0. The number of carbonyl (C=O) groups is 1. The van der Waals surface area contributed by atoms with Crippen LogP contribution in [0, 0.1) is 33.3 Å². The van der Waals surface area contributed by atoms with Crippen LogP contribution in [0.4, 0.5) is 5.69 Å². The van der Waals surface area contributed by atoms with E-state index < -0.39 is 0 Å². The van der Waals surface area contributed by atoms with Crippen molar-refractivity contribution in [2.75, 3.05) is 0 Å². The van der Waals surface area contributed by atoms with Gasteiger partial charge in [0.1, 0.15) is 5.78 Å². The van der Waals surface area contributed by atoms with Crippen LogP contribution in [0.1, 0.15) is 69.9 Å². The molecule has 0 aromatic heterocycles. The lowest BCUT2D eigenvalue weighted by Gasteiger charge is -2.56. The first kappa shape index (κ1) is 18.0. The number of hydrogen-bond donors (Lipinski definition) is 0. The minimum atomic E-state index is -0.363. The molecular formula is C23H28N2O3. The first-order valence-corrected chi connectivity index (χ1v) is 10.6. The molecule has 0 N–H and O–H groups in total. The van der Waals surface area contributed by atoms with Gasteiger partial charge in [0.2, 0.25) is 0 Å². The van der Waals surface area contributed by atoms with Gasteiger partial charge in [0, 0.05) is 29.5 Å². The SMILES string of the molecule is CC1(C)Cc2ccc([N+](=O)[O-])cc2C(CC(=O)C23CC4CC(CC(C4)C2)C3)=N1. The zero-order valence-electron chi connectivity index (χ0n) is 16.7. The van der Waals surface area contributed by atoms with E-state index in [-0.39, 0.29) is 21.6 Å². The number of fused-ring (bicyclic) bond motifs is 1. The zero-order valence-corrected chi connectivity index (χ0v) is 16.7. The smallest absolute Gasteiger partial charge is 0.270 e. The third kappa shape index (κ3) is 2.90. The van der Waals surface area contributed by atoms with Crippen LogP contribution in [0.3, 0.4) is 0 Å². The fourth-order valence-electron chi connectivity index (χ4n) is 6.96. The molecule has 28 heavy (non-hydrogen) atoms. The van der Waals surface area contributed by atoms with Crippen LogP contribution in [-0.2, 0) is 11.2 Å². The van der Waals surface area contributed by atoms with E-state index in [4.69, 9.17) is 4.99 Å². The van der Waals surface area contributed by atoms with Gasteiger partial charge in [-0.15, -0.1) is 0 Å². The van der Waals surface area contributed by atoms with Gasteiger partial charge in [-0.2, -0.15) is 0 Å². The Balaban J connectivity index is 1.47. The van der Waals surface area contributed by atoms with Gasteiger partial charge in [-0.3, -0.25) is 19.9 Å². The maximum atomic E-state index is 13.6. The Labute approximate surface area is 165 Å². The van der Waals surface area contributed by atoms with Gasteiger partial charge in [-0.1, -0.05) is 6.07 Å². The molecule has 5 nitrogen and oxygen atoms in total. The molecular weight excluding hydrogens is 352 g/mol. The summed E-state index contributed by atoms with van der Waals surface area (Å²) in [4.78, 5) is 29.4. The molecule has 0 saturated heterocycles. The minimum absolute atomic E-state index is 0.0772. The molecule has 0 radical (unpaired) electrons. The zero-order chi connectivity index (χ0) is 19.7. The number of rotatable bonds is 4. The molecule has 0 unspecified atom stereocenters. The Bertz CT molecular complexity index is 864. The molecule has 6 rings (SSSR count). The van der Waals surface area contributed by atoms with Crippen LogP contribution in [0.5, 0.6) is 0 Å². The Morgan fingerprint density at radius 1 is 1.14 bits per heavy atom. The van der Waals surface area contributed by atoms with Crippen molar-refractivity contribution in [1.29, 1.82) is 0 Å². The summed E-state index contributed by atoms with van der Waals surface area (Å²) in [5.41, 5.74) is 2.29. The second-order valence-electron chi connectivity index (χ2n) is 10.4. The molecule has 4 bridgehead atoms.